The van der Waals surface area contributed by atoms with Crippen LogP contribution in [0.4, 0.5) is 13.2 Å². The first kappa shape index (κ1) is 19.0. The number of amides is 1. The number of halogens is 3. The van der Waals surface area contributed by atoms with Crippen LogP contribution in [0.5, 0.6) is 0 Å². The second-order valence-corrected chi connectivity index (χ2v) is 7.48. The van der Waals surface area contributed by atoms with Gasteiger partial charge in [-0.15, -0.1) is 0 Å². The van der Waals surface area contributed by atoms with E-state index in [1.165, 1.54) is 12.1 Å². The highest BCUT2D eigenvalue weighted by atomic mass is 19.4. The maximum Gasteiger partial charge on any atom is 0.416 e. The Morgan fingerprint density at radius 2 is 1.96 bits per heavy atom. The van der Waals surface area contributed by atoms with Gasteiger partial charge in [0.05, 0.1) is 5.56 Å². The van der Waals surface area contributed by atoms with Crippen molar-refractivity contribution in [3.63, 3.8) is 0 Å². The van der Waals surface area contributed by atoms with E-state index >= 15 is 0 Å². The minimum absolute atomic E-state index is 0.0577. The quantitative estimate of drug-likeness (QED) is 0.835. The monoisotopic (exact) mass is 392 g/mol. The molecule has 8 heteroatoms. The highest BCUT2D eigenvalue weighted by molar-refractivity contribution is 5.94. The Kier molecular flexibility index (Phi) is 5.14. The lowest BCUT2D eigenvalue weighted by molar-refractivity contribution is -0.138. The number of nitrogens with one attached hydrogen (secondary N) is 2. The van der Waals surface area contributed by atoms with Gasteiger partial charge in [0, 0.05) is 43.4 Å². The van der Waals surface area contributed by atoms with Crippen molar-refractivity contribution in [2.45, 2.75) is 57.4 Å². The molecule has 4 rings (SSSR count). The van der Waals surface area contributed by atoms with Crippen molar-refractivity contribution < 1.29 is 18.0 Å². The molecule has 150 valence electrons. The fraction of sp³-hybridized carbons (Fsp3) is 0.500. The van der Waals surface area contributed by atoms with Crippen LogP contribution in [-0.2, 0) is 25.7 Å². The topological polar surface area (TPSA) is 61.0 Å². The van der Waals surface area contributed by atoms with E-state index in [1.807, 2.05) is 0 Å². The van der Waals surface area contributed by atoms with E-state index in [2.05, 4.69) is 15.5 Å². The summed E-state index contributed by atoms with van der Waals surface area (Å²) >= 11 is 0. The molecule has 0 unspecified atom stereocenters. The number of carbonyl (C=O) groups is 1. The molecule has 0 radical (unpaired) electrons. The fourth-order valence-corrected chi connectivity index (χ4v) is 4.24. The number of carbonyl (C=O) groups excluding carboxylic acids is 1. The number of aromatic nitrogens is 2. The molecule has 1 aromatic heterocycles. The Morgan fingerprint density at radius 1 is 1.21 bits per heavy atom. The zero-order valence-corrected chi connectivity index (χ0v) is 15.5. The predicted octanol–water partition coefficient (Wildman–Crippen LogP) is 3.66. The van der Waals surface area contributed by atoms with E-state index < -0.39 is 11.7 Å². The number of fused-ring (bicyclic) bond motifs is 1. The minimum atomic E-state index is -4.45. The lowest BCUT2D eigenvalue weighted by Gasteiger charge is -2.30. The van der Waals surface area contributed by atoms with Crippen molar-refractivity contribution >= 4 is 5.91 Å². The predicted molar refractivity (Wildman–Crippen MR) is 97.6 cm³/mol. The first-order chi connectivity index (χ1) is 13.4. The number of hydrogen-bond donors (Lipinski definition) is 2. The lowest BCUT2D eigenvalue weighted by Crippen LogP contribution is -2.40. The minimum Gasteiger partial charge on any atom is -0.330 e. The Morgan fingerprint density at radius 3 is 2.71 bits per heavy atom. The van der Waals surface area contributed by atoms with E-state index in [0.29, 0.717) is 12.2 Å². The van der Waals surface area contributed by atoms with E-state index in [9.17, 15) is 18.0 Å². The Hall–Kier alpha value is -2.35. The number of hydrogen-bond acceptors (Lipinski definition) is 3. The average molecular weight is 392 g/mol. The van der Waals surface area contributed by atoms with Crippen LogP contribution in [0, 0.1) is 0 Å². The Bertz CT molecular complexity index is 855. The molecular formula is C20H23F3N4O. The molecule has 0 bridgehead atoms. The van der Waals surface area contributed by atoms with Gasteiger partial charge in [0.1, 0.15) is 0 Å². The molecule has 1 aliphatic carbocycles. The van der Waals surface area contributed by atoms with Gasteiger partial charge in [-0.25, -0.2) is 0 Å². The number of alkyl halides is 3. The molecule has 2 aliphatic rings. The molecule has 28 heavy (non-hydrogen) atoms. The van der Waals surface area contributed by atoms with Crippen LogP contribution in [0.15, 0.2) is 24.3 Å². The number of H-pyrrole nitrogens is 1. The normalized spacial score (nSPS) is 17.5. The summed E-state index contributed by atoms with van der Waals surface area (Å²) in [6.45, 7) is 1.30. The molecule has 1 fully saturated rings. The average Bonchev–Trinajstić information content (AvgIpc) is 3.35. The molecule has 1 saturated carbocycles. The van der Waals surface area contributed by atoms with Crippen LogP contribution in [0.25, 0.3) is 0 Å². The number of rotatable bonds is 4. The maximum absolute atomic E-state index is 13.4. The van der Waals surface area contributed by atoms with Crippen molar-refractivity contribution in [3.8, 4) is 0 Å². The van der Waals surface area contributed by atoms with Crippen molar-refractivity contribution in [1.82, 2.24) is 20.4 Å². The van der Waals surface area contributed by atoms with Gasteiger partial charge in [0.15, 0.2) is 5.69 Å². The molecule has 0 atom stereocenters. The highest BCUT2D eigenvalue weighted by Gasteiger charge is 2.36. The Balaban J connectivity index is 1.67. The third-order valence-electron chi connectivity index (χ3n) is 5.70. The van der Waals surface area contributed by atoms with Crippen LogP contribution in [-0.4, -0.2) is 33.6 Å². The summed E-state index contributed by atoms with van der Waals surface area (Å²) in [5, 5.41) is 10.4. The molecule has 2 heterocycles. The SMILES string of the molecule is O=C(c1n[nH]c2c1CNCC2)N(Cc1ccccc1C(F)(F)F)C1CCCC1. The molecule has 0 spiro atoms. The number of benzene rings is 1. The van der Waals surface area contributed by atoms with Crippen LogP contribution in [0.3, 0.4) is 0 Å². The van der Waals surface area contributed by atoms with Crippen LogP contribution in [0.1, 0.15) is 58.6 Å². The van der Waals surface area contributed by atoms with Gasteiger partial charge in [-0.1, -0.05) is 31.0 Å². The largest absolute Gasteiger partial charge is 0.416 e. The highest BCUT2D eigenvalue weighted by Crippen LogP contribution is 2.34. The summed E-state index contributed by atoms with van der Waals surface area (Å²) in [4.78, 5) is 15.0. The van der Waals surface area contributed by atoms with Gasteiger partial charge in [0.25, 0.3) is 5.91 Å². The van der Waals surface area contributed by atoms with Crippen molar-refractivity contribution in [3.05, 3.63) is 52.3 Å². The van der Waals surface area contributed by atoms with Crippen molar-refractivity contribution in [2.75, 3.05) is 6.54 Å². The molecule has 0 saturated heterocycles. The zero-order chi connectivity index (χ0) is 19.7. The zero-order valence-electron chi connectivity index (χ0n) is 15.5. The molecule has 5 nitrogen and oxygen atoms in total. The van der Waals surface area contributed by atoms with Gasteiger partial charge in [-0.2, -0.15) is 18.3 Å². The summed E-state index contributed by atoms with van der Waals surface area (Å²) in [5.74, 6) is -0.287. The lowest BCUT2D eigenvalue weighted by atomic mass is 10.0. The second kappa shape index (κ2) is 7.58. The van der Waals surface area contributed by atoms with Gasteiger partial charge >= 0.3 is 6.18 Å². The summed E-state index contributed by atoms with van der Waals surface area (Å²) in [7, 11) is 0. The van der Waals surface area contributed by atoms with Gasteiger partial charge < -0.3 is 10.2 Å². The molecule has 1 aromatic carbocycles. The van der Waals surface area contributed by atoms with Gasteiger partial charge in [-0.3, -0.25) is 9.89 Å². The van der Waals surface area contributed by atoms with Gasteiger partial charge in [-0.05, 0) is 24.5 Å². The third kappa shape index (κ3) is 3.65. The van der Waals surface area contributed by atoms with Crippen LogP contribution < -0.4 is 5.32 Å². The molecule has 1 aliphatic heterocycles. The number of aromatic amines is 1. The smallest absolute Gasteiger partial charge is 0.330 e. The van der Waals surface area contributed by atoms with Crippen LogP contribution >= 0.6 is 0 Å². The summed E-state index contributed by atoms with van der Waals surface area (Å²) in [5.41, 5.74) is 1.54. The van der Waals surface area contributed by atoms with Gasteiger partial charge in [0.2, 0.25) is 0 Å². The molecule has 2 aromatic rings. The summed E-state index contributed by atoms with van der Waals surface area (Å²) in [6.07, 6.45) is -0.104. The van der Waals surface area contributed by atoms with Crippen molar-refractivity contribution in [2.24, 2.45) is 0 Å². The van der Waals surface area contributed by atoms with E-state index in [4.69, 9.17) is 0 Å². The number of nitrogens with zero attached hydrogens (tertiary/aromatic N) is 2. The van der Waals surface area contributed by atoms with E-state index in [1.54, 1.807) is 11.0 Å². The third-order valence-corrected chi connectivity index (χ3v) is 5.70. The molecular weight excluding hydrogens is 369 g/mol. The van der Waals surface area contributed by atoms with E-state index in [-0.39, 0.29) is 24.1 Å². The van der Waals surface area contributed by atoms with Crippen LogP contribution in [0.2, 0.25) is 0 Å². The fourth-order valence-electron chi connectivity index (χ4n) is 4.24. The maximum atomic E-state index is 13.4. The second-order valence-electron chi connectivity index (χ2n) is 7.48. The standard InChI is InChI=1S/C20H23F3N4O/c21-20(22,23)16-8-4-1-5-13(16)12-27(14-6-2-3-7-14)19(28)18-15-11-24-10-9-17(15)25-26-18/h1,4-5,8,14,24H,2-3,6-7,9-12H2,(H,25,26). The summed E-state index contributed by atoms with van der Waals surface area (Å²) in [6, 6.07) is 5.44. The molecule has 1 amide bonds. The first-order valence-corrected chi connectivity index (χ1v) is 9.68. The Labute approximate surface area is 161 Å². The van der Waals surface area contributed by atoms with Crippen molar-refractivity contribution in [1.29, 1.82) is 0 Å². The summed E-state index contributed by atoms with van der Waals surface area (Å²) < 4.78 is 40.3. The first-order valence-electron chi connectivity index (χ1n) is 9.68. The molecule has 2 N–H and O–H groups in total. The van der Waals surface area contributed by atoms with E-state index in [0.717, 1.165) is 56.0 Å².